The molecule has 0 N–H and O–H groups in total. The molecule has 1 aromatic carbocycles. The maximum absolute atomic E-state index is 11.0. The quantitative estimate of drug-likeness (QED) is 0.667. The molecule has 4 rings (SSSR count). The lowest BCUT2D eigenvalue weighted by atomic mass is 10.00. The van der Waals surface area contributed by atoms with Crippen LogP contribution in [-0.2, 0) is 11.3 Å². The van der Waals surface area contributed by atoms with Crippen LogP contribution in [0.25, 0.3) is 11.1 Å². The molecular formula is C21H22N4O. The molecule has 0 spiro atoms. The molecule has 1 atom stereocenters. The molecule has 1 amide bonds. The van der Waals surface area contributed by atoms with Crippen molar-refractivity contribution in [1.29, 1.82) is 0 Å². The van der Waals surface area contributed by atoms with Crippen molar-refractivity contribution >= 4 is 6.41 Å². The lowest BCUT2D eigenvalue weighted by Gasteiger charge is -2.12. The fourth-order valence-electron chi connectivity index (χ4n) is 3.56. The topological polar surface area (TPSA) is 51.0 Å². The maximum Gasteiger partial charge on any atom is 0.209 e. The van der Waals surface area contributed by atoms with E-state index >= 15 is 0 Å². The van der Waals surface area contributed by atoms with Gasteiger partial charge in [0.2, 0.25) is 6.41 Å². The van der Waals surface area contributed by atoms with Gasteiger partial charge < -0.3 is 4.90 Å². The van der Waals surface area contributed by atoms with E-state index in [0.29, 0.717) is 5.92 Å². The molecular weight excluding hydrogens is 324 g/mol. The van der Waals surface area contributed by atoms with Gasteiger partial charge in [-0.2, -0.15) is 5.10 Å². The van der Waals surface area contributed by atoms with Crippen molar-refractivity contribution in [3.63, 3.8) is 0 Å². The first-order chi connectivity index (χ1) is 12.7. The number of benzene rings is 1. The Morgan fingerprint density at radius 2 is 2.04 bits per heavy atom. The van der Waals surface area contributed by atoms with Crippen LogP contribution in [0.4, 0.5) is 0 Å². The SMILES string of the molecule is Cc1cc(-c2cnn(Cc3ccccc3)c2)cc(C2CCN(C=O)C2)n1. The smallest absolute Gasteiger partial charge is 0.209 e. The second kappa shape index (κ2) is 7.12. The minimum Gasteiger partial charge on any atom is -0.345 e. The van der Waals surface area contributed by atoms with Crippen LogP contribution in [-0.4, -0.2) is 39.2 Å². The summed E-state index contributed by atoms with van der Waals surface area (Å²) in [6, 6.07) is 14.6. The standard InChI is InChI=1S/C21H22N4O/c1-16-9-19(10-21(23-16)18-7-8-24(13-18)15-26)20-11-22-25(14-20)12-17-5-3-2-4-6-17/h2-6,9-11,14-15,18H,7-8,12-13H2,1H3. The van der Waals surface area contributed by atoms with Gasteiger partial charge in [-0.1, -0.05) is 30.3 Å². The number of rotatable bonds is 5. The third kappa shape index (κ3) is 3.52. The zero-order valence-corrected chi connectivity index (χ0v) is 14.9. The summed E-state index contributed by atoms with van der Waals surface area (Å²) in [4.78, 5) is 17.5. The van der Waals surface area contributed by atoms with E-state index in [1.54, 1.807) is 0 Å². The maximum atomic E-state index is 11.0. The molecule has 3 aromatic rings. The Balaban J connectivity index is 1.57. The first-order valence-electron chi connectivity index (χ1n) is 8.96. The monoisotopic (exact) mass is 346 g/mol. The summed E-state index contributed by atoms with van der Waals surface area (Å²) in [5, 5.41) is 4.51. The van der Waals surface area contributed by atoms with Crippen LogP contribution in [0.3, 0.4) is 0 Å². The minimum absolute atomic E-state index is 0.318. The first-order valence-corrected chi connectivity index (χ1v) is 8.96. The third-order valence-electron chi connectivity index (χ3n) is 4.91. The number of aryl methyl sites for hydroxylation is 1. The summed E-state index contributed by atoms with van der Waals surface area (Å²) in [6.07, 6.45) is 5.90. The molecule has 0 saturated carbocycles. The summed E-state index contributed by atoms with van der Waals surface area (Å²) >= 11 is 0. The van der Waals surface area contributed by atoms with E-state index < -0.39 is 0 Å². The zero-order valence-electron chi connectivity index (χ0n) is 14.9. The van der Waals surface area contributed by atoms with Crippen molar-refractivity contribution in [2.24, 2.45) is 0 Å². The normalized spacial score (nSPS) is 16.8. The highest BCUT2D eigenvalue weighted by atomic mass is 16.1. The van der Waals surface area contributed by atoms with Crippen molar-refractivity contribution in [3.8, 4) is 11.1 Å². The second-order valence-electron chi connectivity index (χ2n) is 6.92. The van der Waals surface area contributed by atoms with Crippen molar-refractivity contribution < 1.29 is 4.79 Å². The van der Waals surface area contributed by atoms with E-state index in [9.17, 15) is 4.79 Å². The van der Waals surface area contributed by atoms with Crippen molar-refractivity contribution in [3.05, 3.63) is 71.8 Å². The Hall–Kier alpha value is -2.95. The number of carbonyl (C=O) groups is 1. The average Bonchev–Trinajstić information content (AvgIpc) is 3.31. The molecule has 5 heteroatoms. The highest BCUT2D eigenvalue weighted by molar-refractivity contribution is 5.63. The highest BCUT2D eigenvalue weighted by Gasteiger charge is 2.24. The van der Waals surface area contributed by atoms with Crippen LogP contribution in [0, 0.1) is 6.92 Å². The van der Waals surface area contributed by atoms with E-state index in [1.807, 2.05) is 40.9 Å². The Kier molecular flexibility index (Phi) is 4.52. The molecule has 0 bridgehead atoms. The van der Waals surface area contributed by atoms with Gasteiger partial charge in [0.05, 0.1) is 12.7 Å². The Morgan fingerprint density at radius 3 is 2.81 bits per heavy atom. The van der Waals surface area contributed by atoms with E-state index in [1.165, 1.54) is 5.56 Å². The number of nitrogens with zero attached hydrogens (tertiary/aromatic N) is 4. The fourth-order valence-corrected chi connectivity index (χ4v) is 3.56. The molecule has 0 radical (unpaired) electrons. The second-order valence-corrected chi connectivity index (χ2v) is 6.92. The summed E-state index contributed by atoms with van der Waals surface area (Å²) in [7, 11) is 0. The Bertz CT molecular complexity index is 903. The molecule has 0 aliphatic carbocycles. The van der Waals surface area contributed by atoms with Crippen LogP contribution < -0.4 is 0 Å². The summed E-state index contributed by atoms with van der Waals surface area (Å²) in [5.74, 6) is 0.318. The predicted molar refractivity (Wildman–Crippen MR) is 101 cm³/mol. The van der Waals surface area contributed by atoms with Crippen molar-refractivity contribution in [2.75, 3.05) is 13.1 Å². The van der Waals surface area contributed by atoms with Crippen molar-refractivity contribution in [2.45, 2.75) is 25.8 Å². The van der Waals surface area contributed by atoms with Crippen LogP contribution in [0.15, 0.2) is 54.9 Å². The molecule has 132 valence electrons. The van der Waals surface area contributed by atoms with Gasteiger partial charge >= 0.3 is 0 Å². The lowest BCUT2D eigenvalue weighted by Crippen LogP contribution is -2.17. The molecule has 26 heavy (non-hydrogen) atoms. The number of hydrogen-bond acceptors (Lipinski definition) is 3. The summed E-state index contributed by atoms with van der Waals surface area (Å²) < 4.78 is 1.96. The van der Waals surface area contributed by atoms with Gasteiger partial charge in [-0.3, -0.25) is 14.5 Å². The number of likely N-dealkylation sites (tertiary alicyclic amines) is 1. The third-order valence-corrected chi connectivity index (χ3v) is 4.91. The molecule has 3 heterocycles. The molecule has 1 aliphatic rings. The van der Waals surface area contributed by atoms with Crippen molar-refractivity contribution in [1.82, 2.24) is 19.7 Å². The summed E-state index contributed by atoms with van der Waals surface area (Å²) in [5.41, 5.74) is 5.53. The highest BCUT2D eigenvalue weighted by Crippen LogP contribution is 2.29. The molecule has 1 saturated heterocycles. The Labute approximate surface area is 153 Å². The molecule has 1 unspecified atom stereocenters. The number of hydrogen-bond donors (Lipinski definition) is 0. The molecule has 5 nitrogen and oxygen atoms in total. The van der Waals surface area contributed by atoms with Gasteiger partial charge in [0.1, 0.15) is 0 Å². The van der Waals surface area contributed by atoms with E-state index in [4.69, 9.17) is 4.98 Å². The van der Waals surface area contributed by atoms with E-state index in [-0.39, 0.29) is 0 Å². The van der Waals surface area contributed by atoms with Gasteiger partial charge in [0.25, 0.3) is 0 Å². The van der Waals surface area contributed by atoms with Gasteiger partial charge in [-0.05, 0) is 36.6 Å². The minimum atomic E-state index is 0.318. The molecule has 1 aliphatic heterocycles. The van der Waals surface area contributed by atoms with Crippen LogP contribution >= 0.6 is 0 Å². The number of aromatic nitrogens is 3. The average molecular weight is 346 g/mol. The fraction of sp³-hybridized carbons (Fsp3) is 0.286. The predicted octanol–water partition coefficient (Wildman–Crippen LogP) is 3.25. The molecule has 2 aromatic heterocycles. The van der Waals surface area contributed by atoms with Crippen LogP contribution in [0.1, 0.15) is 29.3 Å². The van der Waals surface area contributed by atoms with Gasteiger partial charge in [-0.15, -0.1) is 0 Å². The van der Waals surface area contributed by atoms with Crippen LogP contribution in [0.2, 0.25) is 0 Å². The van der Waals surface area contributed by atoms with Gasteiger partial charge in [-0.25, -0.2) is 0 Å². The van der Waals surface area contributed by atoms with Gasteiger partial charge in [0, 0.05) is 42.2 Å². The molecule has 1 fully saturated rings. The lowest BCUT2D eigenvalue weighted by molar-refractivity contribution is -0.117. The number of pyridine rings is 1. The number of carbonyl (C=O) groups excluding carboxylic acids is 1. The van der Waals surface area contributed by atoms with E-state index in [2.05, 4.69) is 35.6 Å². The zero-order chi connectivity index (χ0) is 17.9. The van der Waals surface area contributed by atoms with Crippen LogP contribution in [0.5, 0.6) is 0 Å². The Morgan fingerprint density at radius 1 is 1.19 bits per heavy atom. The van der Waals surface area contributed by atoms with E-state index in [0.717, 1.165) is 55.0 Å². The van der Waals surface area contributed by atoms with Gasteiger partial charge in [0.15, 0.2) is 0 Å². The largest absolute Gasteiger partial charge is 0.345 e. The number of amides is 1. The summed E-state index contributed by atoms with van der Waals surface area (Å²) in [6.45, 7) is 4.35. The first kappa shape index (κ1) is 16.5.